The summed E-state index contributed by atoms with van der Waals surface area (Å²) in [6, 6.07) is 2.88. The number of nitrogens with zero attached hydrogens (tertiary/aromatic N) is 2. The van der Waals surface area contributed by atoms with Gasteiger partial charge >= 0.3 is 0 Å². The van der Waals surface area contributed by atoms with E-state index in [-0.39, 0.29) is 5.54 Å². The Hall–Kier alpha value is -0.590. The van der Waals surface area contributed by atoms with E-state index in [2.05, 4.69) is 37.1 Å². The summed E-state index contributed by atoms with van der Waals surface area (Å²) in [5, 5.41) is 12.9. The van der Waals surface area contributed by atoms with Gasteiger partial charge in [0, 0.05) is 6.04 Å². The van der Waals surface area contributed by atoms with Crippen LogP contribution in [0.2, 0.25) is 0 Å². The molecule has 0 amide bonds. The van der Waals surface area contributed by atoms with Crippen molar-refractivity contribution >= 4 is 0 Å². The number of rotatable bonds is 7. The highest BCUT2D eigenvalue weighted by atomic mass is 15.1. The number of piperidine rings is 1. The SMILES string of the molecule is CCC(C#N)(CCCN1CCCCC1)NC(C)C. The van der Waals surface area contributed by atoms with Crippen LogP contribution in [0.15, 0.2) is 0 Å². The zero-order chi connectivity index (χ0) is 13.4. The van der Waals surface area contributed by atoms with E-state index in [1.54, 1.807) is 0 Å². The highest BCUT2D eigenvalue weighted by Gasteiger charge is 2.28. The van der Waals surface area contributed by atoms with Crippen molar-refractivity contribution in [2.45, 2.75) is 70.9 Å². The first-order chi connectivity index (χ1) is 8.62. The van der Waals surface area contributed by atoms with Crippen molar-refractivity contribution in [2.75, 3.05) is 19.6 Å². The lowest BCUT2D eigenvalue weighted by Crippen LogP contribution is -2.47. The fourth-order valence-electron chi connectivity index (χ4n) is 2.86. The molecule has 0 bridgehead atoms. The van der Waals surface area contributed by atoms with Crippen LogP contribution in [-0.2, 0) is 0 Å². The normalized spacial score (nSPS) is 20.6. The molecule has 1 N–H and O–H groups in total. The van der Waals surface area contributed by atoms with Crippen LogP contribution in [0, 0.1) is 11.3 Å². The molecule has 1 atom stereocenters. The van der Waals surface area contributed by atoms with Gasteiger partial charge in [0.15, 0.2) is 0 Å². The van der Waals surface area contributed by atoms with Crippen LogP contribution in [0.4, 0.5) is 0 Å². The maximum Gasteiger partial charge on any atom is 0.106 e. The first-order valence-electron chi connectivity index (χ1n) is 7.53. The zero-order valence-electron chi connectivity index (χ0n) is 12.3. The molecule has 1 heterocycles. The van der Waals surface area contributed by atoms with Gasteiger partial charge in [0.05, 0.1) is 6.07 Å². The number of hydrogen-bond acceptors (Lipinski definition) is 3. The Morgan fingerprint density at radius 1 is 1.28 bits per heavy atom. The van der Waals surface area contributed by atoms with Gasteiger partial charge in [-0.05, 0) is 65.6 Å². The van der Waals surface area contributed by atoms with Gasteiger partial charge in [-0.3, -0.25) is 5.32 Å². The molecule has 1 aliphatic rings. The molecule has 0 aromatic carbocycles. The minimum Gasteiger partial charge on any atom is -0.303 e. The molecule has 0 radical (unpaired) electrons. The molecule has 0 aromatic rings. The standard InChI is InChI=1S/C15H29N3/c1-4-15(13-16,17-14(2)3)9-8-12-18-10-6-5-7-11-18/h14,17H,4-12H2,1-3H3. The van der Waals surface area contributed by atoms with Crippen LogP contribution in [0.5, 0.6) is 0 Å². The van der Waals surface area contributed by atoms with Crippen LogP contribution >= 0.6 is 0 Å². The minimum atomic E-state index is -0.316. The van der Waals surface area contributed by atoms with Crippen LogP contribution in [-0.4, -0.2) is 36.1 Å². The van der Waals surface area contributed by atoms with E-state index in [1.807, 2.05) is 0 Å². The Labute approximate surface area is 113 Å². The zero-order valence-corrected chi connectivity index (χ0v) is 12.3. The molecule has 18 heavy (non-hydrogen) atoms. The fraction of sp³-hybridized carbons (Fsp3) is 0.933. The Morgan fingerprint density at radius 2 is 1.94 bits per heavy atom. The smallest absolute Gasteiger partial charge is 0.106 e. The lowest BCUT2D eigenvalue weighted by molar-refractivity contribution is 0.214. The van der Waals surface area contributed by atoms with Crippen LogP contribution in [0.1, 0.15) is 59.3 Å². The average molecular weight is 251 g/mol. The molecule has 104 valence electrons. The van der Waals surface area contributed by atoms with Crippen LogP contribution < -0.4 is 5.32 Å². The molecule has 1 rings (SSSR count). The number of nitriles is 1. The second-order valence-corrected chi connectivity index (χ2v) is 5.85. The number of hydrogen-bond donors (Lipinski definition) is 1. The van der Waals surface area contributed by atoms with Gasteiger partial charge in [-0.15, -0.1) is 0 Å². The lowest BCUT2D eigenvalue weighted by atomic mass is 9.91. The van der Waals surface area contributed by atoms with E-state index < -0.39 is 0 Å². The first kappa shape index (κ1) is 15.5. The van der Waals surface area contributed by atoms with Crippen molar-refractivity contribution in [1.82, 2.24) is 10.2 Å². The largest absolute Gasteiger partial charge is 0.303 e. The lowest BCUT2D eigenvalue weighted by Gasteiger charge is -2.31. The second-order valence-electron chi connectivity index (χ2n) is 5.85. The Kier molecular flexibility index (Phi) is 6.67. The summed E-state index contributed by atoms with van der Waals surface area (Å²) in [5.41, 5.74) is -0.316. The monoisotopic (exact) mass is 251 g/mol. The van der Waals surface area contributed by atoms with Gasteiger partial charge in [-0.2, -0.15) is 5.26 Å². The first-order valence-corrected chi connectivity index (χ1v) is 7.53. The Bertz CT molecular complexity index is 263. The maximum atomic E-state index is 9.44. The maximum absolute atomic E-state index is 9.44. The molecular weight excluding hydrogens is 222 g/mol. The summed E-state index contributed by atoms with van der Waals surface area (Å²) in [4.78, 5) is 2.55. The van der Waals surface area contributed by atoms with E-state index in [0.29, 0.717) is 6.04 Å². The van der Waals surface area contributed by atoms with E-state index in [1.165, 1.54) is 32.4 Å². The van der Waals surface area contributed by atoms with Crippen molar-refractivity contribution < 1.29 is 0 Å². The van der Waals surface area contributed by atoms with Crippen molar-refractivity contribution in [3.8, 4) is 6.07 Å². The molecule has 3 nitrogen and oxygen atoms in total. The summed E-state index contributed by atoms with van der Waals surface area (Å²) in [5.74, 6) is 0. The van der Waals surface area contributed by atoms with Gasteiger partial charge in [-0.1, -0.05) is 13.3 Å². The summed E-state index contributed by atoms with van der Waals surface area (Å²) in [6.45, 7) is 10.0. The highest BCUT2D eigenvalue weighted by molar-refractivity contribution is 5.06. The molecule has 3 heteroatoms. The molecular formula is C15H29N3. The van der Waals surface area contributed by atoms with E-state index >= 15 is 0 Å². The summed E-state index contributed by atoms with van der Waals surface area (Å²) in [6.07, 6.45) is 7.07. The van der Waals surface area contributed by atoms with Gasteiger partial charge in [0.1, 0.15) is 5.54 Å². The van der Waals surface area contributed by atoms with Crippen molar-refractivity contribution in [3.05, 3.63) is 0 Å². The Morgan fingerprint density at radius 3 is 2.44 bits per heavy atom. The van der Waals surface area contributed by atoms with Gasteiger partial charge in [-0.25, -0.2) is 0 Å². The second kappa shape index (κ2) is 7.76. The quantitative estimate of drug-likeness (QED) is 0.756. The summed E-state index contributed by atoms with van der Waals surface area (Å²) >= 11 is 0. The summed E-state index contributed by atoms with van der Waals surface area (Å²) < 4.78 is 0. The predicted molar refractivity (Wildman–Crippen MR) is 76.4 cm³/mol. The van der Waals surface area contributed by atoms with Crippen molar-refractivity contribution in [1.29, 1.82) is 5.26 Å². The average Bonchev–Trinajstić information content (AvgIpc) is 2.38. The molecule has 1 aliphatic heterocycles. The molecule has 1 fully saturated rings. The van der Waals surface area contributed by atoms with Crippen LogP contribution in [0.3, 0.4) is 0 Å². The van der Waals surface area contributed by atoms with E-state index in [9.17, 15) is 5.26 Å². The molecule has 1 unspecified atom stereocenters. The van der Waals surface area contributed by atoms with Crippen molar-refractivity contribution in [2.24, 2.45) is 0 Å². The third-order valence-corrected chi connectivity index (χ3v) is 3.91. The minimum absolute atomic E-state index is 0.316. The predicted octanol–water partition coefficient (Wildman–Crippen LogP) is 2.92. The van der Waals surface area contributed by atoms with Gasteiger partial charge in [0.25, 0.3) is 0 Å². The van der Waals surface area contributed by atoms with E-state index in [4.69, 9.17) is 0 Å². The van der Waals surface area contributed by atoms with Crippen LogP contribution in [0.25, 0.3) is 0 Å². The molecule has 1 saturated heterocycles. The Balaban J connectivity index is 2.35. The molecule has 0 spiro atoms. The van der Waals surface area contributed by atoms with Gasteiger partial charge < -0.3 is 4.90 Å². The van der Waals surface area contributed by atoms with E-state index in [0.717, 1.165) is 25.8 Å². The molecule has 0 aromatic heterocycles. The van der Waals surface area contributed by atoms with Gasteiger partial charge in [0.2, 0.25) is 0 Å². The molecule has 0 saturated carbocycles. The third kappa shape index (κ3) is 4.96. The number of likely N-dealkylation sites (tertiary alicyclic amines) is 1. The molecule has 0 aliphatic carbocycles. The highest BCUT2D eigenvalue weighted by Crippen LogP contribution is 2.19. The fourth-order valence-corrected chi connectivity index (χ4v) is 2.86. The van der Waals surface area contributed by atoms with Crippen molar-refractivity contribution in [3.63, 3.8) is 0 Å². The third-order valence-electron chi connectivity index (χ3n) is 3.91. The topological polar surface area (TPSA) is 39.1 Å². The summed E-state index contributed by atoms with van der Waals surface area (Å²) in [7, 11) is 0. The number of nitrogens with one attached hydrogen (secondary N) is 1.